The fourth-order valence-corrected chi connectivity index (χ4v) is 2.65. The number of carbonyl (C=O) groups excluding carboxylic acids is 2. The normalized spacial score (nSPS) is 12.3. The molecule has 5 nitrogen and oxygen atoms in total. The van der Waals surface area contributed by atoms with Gasteiger partial charge in [0.25, 0.3) is 5.91 Å². The summed E-state index contributed by atoms with van der Waals surface area (Å²) in [6.45, 7) is 1.26. The van der Waals surface area contributed by atoms with E-state index in [0.717, 1.165) is 12.1 Å². The first kappa shape index (κ1) is 20.2. The fraction of sp³-hybridized carbons (Fsp3) is 0.143. The van der Waals surface area contributed by atoms with Gasteiger partial charge in [0, 0.05) is 5.56 Å². The van der Waals surface area contributed by atoms with Crippen LogP contribution < -0.4 is 5.32 Å². The van der Waals surface area contributed by atoms with E-state index >= 15 is 0 Å². The molecule has 1 N–H and O–H groups in total. The van der Waals surface area contributed by atoms with Gasteiger partial charge in [0.1, 0.15) is 0 Å². The molecule has 0 saturated heterocycles. The Labute approximate surface area is 164 Å². The Bertz CT molecular complexity index is 1010. The summed E-state index contributed by atoms with van der Waals surface area (Å²) in [4.78, 5) is 24.7. The lowest BCUT2D eigenvalue weighted by Gasteiger charge is -2.16. The van der Waals surface area contributed by atoms with Crippen molar-refractivity contribution in [2.75, 3.05) is 5.32 Å². The van der Waals surface area contributed by atoms with Gasteiger partial charge in [-0.05, 0) is 30.7 Å². The number of alkyl halides is 3. The maximum atomic E-state index is 13.1. The van der Waals surface area contributed by atoms with E-state index < -0.39 is 35.4 Å². The molecule has 8 heteroatoms. The SMILES string of the molecule is CC(OC(=O)c1occc1-c1ccccc1)C(=O)Nc1ccccc1C(F)(F)F. The molecule has 0 aliphatic carbocycles. The van der Waals surface area contributed by atoms with Crippen molar-refractivity contribution in [1.82, 2.24) is 0 Å². The van der Waals surface area contributed by atoms with Crippen LogP contribution in [0.2, 0.25) is 0 Å². The number of halogens is 3. The first-order chi connectivity index (χ1) is 13.8. The second-order valence-corrected chi connectivity index (χ2v) is 6.11. The van der Waals surface area contributed by atoms with Crippen LogP contribution in [0.3, 0.4) is 0 Å². The molecule has 1 amide bonds. The topological polar surface area (TPSA) is 68.5 Å². The van der Waals surface area contributed by atoms with E-state index in [9.17, 15) is 22.8 Å². The van der Waals surface area contributed by atoms with Crippen molar-refractivity contribution >= 4 is 17.6 Å². The fourth-order valence-electron chi connectivity index (χ4n) is 2.65. The molecule has 2 aromatic carbocycles. The predicted octanol–water partition coefficient (Wildman–Crippen LogP) is 5.15. The van der Waals surface area contributed by atoms with Crippen LogP contribution in [-0.4, -0.2) is 18.0 Å². The lowest BCUT2D eigenvalue weighted by Crippen LogP contribution is -2.30. The van der Waals surface area contributed by atoms with Crippen LogP contribution >= 0.6 is 0 Å². The second kappa shape index (κ2) is 8.22. The van der Waals surface area contributed by atoms with E-state index in [-0.39, 0.29) is 5.76 Å². The number of nitrogens with one attached hydrogen (secondary N) is 1. The Morgan fingerprint density at radius 3 is 2.34 bits per heavy atom. The third-order valence-electron chi connectivity index (χ3n) is 4.08. The van der Waals surface area contributed by atoms with Gasteiger partial charge < -0.3 is 14.5 Å². The van der Waals surface area contributed by atoms with E-state index in [4.69, 9.17) is 9.15 Å². The summed E-state index contributed by atoms with van der Waals surface area (Å²) >= 11 is 0. The third kappa shape index (κ3) is 4.66. The molecule has 3 rings (SSSR count). The highest BCUT2D eigenvalue weighted by Gasteiger charge is 2.34. The van der Waals surface area contributed by atoms with Crippen LogP contribution in [0.15, 0.2) is 71.3 Å². The molecule has 0 fully saturated rings. The highest BCUT2D eigenvalue weighted by Crippen LogP contribution is 2.34. The van der Waals surface area contributed by atoms with Gasteiger partial charge in [0.05, 0.1) is 17.5 Å². The Morgan fingerprint density at radius 1 is 1.00 bits per heavy atom. The molecule has 0 bridgehead atoms. The summed E-state index contributed by atoms with van der Waals surface area (Å²) in [5, 5.41) is 2.15. The molecule has 3 aromatic rings. The van der Waals surface area contributed by atoms with Gasteiger partial charge in [-0.15, -0.1) is 0 Å². The van der Waals surface area contributed by atoms with Gasteiger partial charge >= 0.3 is 12.1 Å². The number of para-hydroxylation sites is 1. The lowest BCUT2D eigenvalue weighted by atomic mass is 10.1. The Balaban J connectivity index is 1.72. The molecule has 0 spiro atoms. The molecule has 1 heterocycles. The molecule has 1 unspecified atom stereocenters. The number of esters is 1. The number of carbonyl (C=O) groups is 2. The van der Waals surface area contributed by atoms with Crippen molar-refractivity contribution in [3.8, 4) is 11.1 Å². The summed E-state index contributed by atoms with van der Waals surface area (Å²) in [6.07, 6.45) is -4.68. The zero-order valence-corrected chi connectivity index (χ0v) is 15.2. The highest BCUT2D eigenvalue weighted by molar-refractivity contribution is 5.99. The molecule has 29 heavy (non-hydrogen) atoms. The number of hydrogen-bond donors (Lipinski definition) is 1. The minimum Gasteiger partial charge on any atom is -0.457 e. The van der Waals surface area contributed by atoms with Gasteiger partial charge in [-0.3, -0.25) is 4.79 Å². The smallest absolute Gasteiger partial charge is 0.418 e. The minimum absolute atomic E-state index is 0.105. The zero-order valence-electron chi connectivity index (χ0n) is 15.2. The van der Waals surface area contributed by atoms with Gasteiger partial charge in [-0.25, -0.2) is 4.79 Å². The van der Waals surface area contributed by atoms with Gasteiger partial charge in [-0.2, -0.15) is 13.2 Å². The van der Waals surface area contributed by atoms with Crippen molar-refractivity contribution < 1.29 is 31.9 Å². The van der Waals surface area contributed by atoms with Gasteiger partial charge in [-0.1, -0.05) is 42.5 Å². The van der Waals surface area contributed by atoms with E-state index in [2.05, 4.69) is 5.32 Å². The monoisotopic (exact) mass is 403 g/mol. The Morgan fingerprint density at radius 2 is 1.66 bits per heavy atom. The van der Waals surface area contributed by atoms with Crippen LogP contribution in [0, 0.1) is 0 Å². The average Bonchev–Trinajstić information content (AvgIpc) is 3.18. The number of benzene rings is 2. The van der Waals surface area contributed by atoms with Crippen LogP contribution in [-0.2, 0) is 15.7 Å². The summed E-state index contributed by atoms with van der Waals surface area (Å²) in [6, 6.07) is 15.0. The highest BCUT2D eigenvalue weighted by atomic mass is 19.4. The Hall–Kier alpha value is -3.55. The molecule has 0 aliphatic heterocycles. The van der Waals surface area contributed by atoms with Crippen LogP contribution in [0.25, 0.3) is 11.1 Å². The van der Waals surface area contributed by atoms with E-state index in [1.807, 2.05) is 6.07 Å². The van der Waals surface area contributed by atoms with E-state index in [0.29, 0.717) is 11.1 Å². The maximum absolute atomic E-state index is 13.1. The summed E-state index contributed by atoms with van der Waals surface area (Å²) in [5.74, 6) is -1.91. The summed E-state index contributed by atoms with van der Waals surface area (Å²) in [7, 11) is 0. The number of rotatable bonds is 5. The molecule has 1 aromatic heterocycles. The predicted molar refractivity (Wildman–Crippen MR) is 99.1 cm³/mol. The first-order valence-corrected chi connectivity index (χ1v) is 8.58. The molecule has 0 saturated carbocycles. The van der Waals surface area contributed by atoms with Gasteiger partial charge in [0.2, 0.25) is 5.76 Å². The number of ether oxygens (including phenoxy) is 1. The van der Waals surface area contributed by atoms with Gasteiger partial charge in [0.15, 0.2) is 6.10 Å². The molecular formula is C21H16F3NO4. The molecule has 1 atom stereocenters. The standard InChI is InChI=1S/C21H16F3NO4/c1-13(19(26)25-17-10-6-5-9-16(17)21(22,23)24)29-20(27)18-15(11-12-28-18)14-7-3-2-4-8-14/h2-13H,1H3,(H,25,26). The van der Waals surface area contributed by atoms with Crippen molar-refractivity contribution in [3.63, 3.8) is 0 Å². The maximum Gasteiger partial charge on any atom is 0.418 e. The summed E-state index contributed by atoms with van der Waals surface area (Å²) < 4.78 is 49.4. The Kier molecular flexibility index (Phi) is 5.72. The number of amides is 1. The summed E-state index contributed by atoms with van der Waals surface area (Å²) in [5.41, 5.74) is -0.227. The third-order valence-corrected chi connectivity index (χ3v) is 4.08. The van der Waals surface area contributed by atoms with Crippen molar-refractivity contribution in [2.24, 2.45) is 0 Å². The molecule has 150 valence electrons. The molecule has 0 radical (unpaired) electrons. The number of furan rings is 1. The van der Waals surface area contributed by atoms with E-state index in [1.54, 1.807) is 30.3 Å². The van der Waals surface area contributed by atoms with Crippen LogP contribution in [0.5, 0.6) is 0 Å². The quantitative estimate of drug-likeness (QED) is 0.599. The first-order valence-electron chi connectivity index (χ1n) is 8.58. The number of hydrogen-bond acceptors (Lipinski definition) is 4. The number of anilines is 1. The van der Waals surface area contributed by atoms with Crippen molar-refractivity contribution in [3.05, 3.63) is 78.3 Å². The van der Waals surface area contributed by atoms with Crippen LogP contribution in [0.1, 0.15) is 23.0 Å². The van der Waals surface area contributed by atoms with Crippen molar-refractivity contribution in [2.45, 2.75) is 19.2 Å². The zero-order chi connectivity index (χ0) is 21.0. The largest absolute Gasteiger partial charge is 0.457 e. The molecule has 0 aliphatic rings. The van der Waals surface area contributed by atoms with Crippen molar-refractivity contribution in [1.29, 1.82) is 0 Å². The minimum atomic E-state index is -4.64. The lowest BCUT2D eigenvalue weighted by molar-refractivity contribution is -0.137. The average molecular weight is 403 g/mol. The second-order valence-electron chi connectivity index (χ2n) is 6.11. The molecular weight excluding hydrogens is 387 g/mol. The van der Waals surface area contributed by atoms with Crippen LogP contribution in [0.4, 0.5) is 18.9 Å². The van der Waals surface area contributed by atoms with E-state index in [1.165, 1.54) is 25.3 Å².